The molecule has 4 aliphatic carbocycles. The summed E-state index contributed by atoms with van der Waals surface area (Å²) in [5, 5.41) is 2.92. The topological polar surface area (TPSA) is 29.1 Å². The van der Waals surface area contributed by atoms with Crippen LogP contribution in [-0.4, -0.2) is 16.8 Å². The van der Waals surface area contributed by atoms with E-state index in [0.29, 0.717) is 17.4 Å². The molecule has 1 aromatic carbocycles. The van der Waals surface area contributed by atoms with E-state index in [1.807, 2.05) is 0 Å². The molecule has 4 fully saturated rings. The molecule has 27 heavy (non-hydrogen) atoms. The number of benzene rings is 1. The number of rotatable bonds is 2. The number of alkyl halides is 4. The van der Waals surface area contributed by atoms with Crippen molar-refractivity contribution in [3.8, 4) is 11.8 Å². The first-order valence-electron chi connectivity index (χ1n) is 9.31. The van der Waals surface area contributed by atoms with E-state index < -0.39 is 11.7 Å². The van der Waals surface area contributed by atoms with Gasteiger partial charge < -0.3 is 5.32 Å². The molecule has 4 aliphatic rings. The van der Waals surface area contributed by atoms with Gasteiger partial charge in [0.2, 0.25) is 5.91 Å². The van der Waals surface area contributed by atoms with Gasteiger partial charge in [-0.3, -0.25) is 4.79 Å². The summed E-state index contributed by atoms with van der Waals surface area (Å²) >= 11 is 3.90. The summed E-state index contributed by atoms with van der Waals surface area (Å²) in [6.07, 6.45) is 1.95. The van der Waals surface area contributed by atoms with Gasteiger partial charge >= 0.3 is 6.18 Å². The number of halogens is 4. The fraction of sp³-hybridized carbons (Fsp3) is 0.571. The number of hydrogen-bond acceptors (Lipinski definition) is 1. The maximum absolute atomic E-state index is 12.9. The van der Waals surface area contributed by atoms with E-state index in [4.69, 9.17) is 0 Å². The smallest absolute Gasteiger partial charge is 0.345 e. The van der Waals surface area contributed by atoms with Crippen LogP contribution in [0.25, 0.3) is 0 Å². The summed E-state index contributed by atoms with van der Waals surface area (Å²) < 4.78 is 38.3. The third-order valence-electron chi connectivity index (χ3n) is 6.23. The van der Waals surface area contributed by atoms with Gasteiger partial charge in [-0.05, 0) is 68.6 Å². The van der Waals surface area contributed by atoms with E-state index in [1.165, 1.54) is 18.6 Å². The molecule has 2 atom stereocenters. The molecule has 4 saturated carbocycles. The molecule has 5 rings (SSSR count). The van der Waals surface area contributed by atoms with Gasteiger partial charge in [0.25, 0.3) is 0 Å². The van der Waals surface area contributed by atoms with Crippen molar-refractivity contribution in [1.29, 1.82) is 0 Å². The van der Waals surface area contributed by atoms with Crippen molar-refractivity contribution >= 4 is 21.8 Å². The van der Waals surface area contributed by atoms with Crippen LogP contribution in [0.4, 0.5) is 13.2 Å². The molecule has 0 spiro atoms. The normalized spacial score (nSPS) is 34.1. The fourth-order valence-electron chi connectivity index (χ4n) is 5.65. The Morgan fingerprint density at radius 2 is 1.93 bits per heavy atom. The van der Waals surface area contributed by atoms with Crippen LogP contribution in [0.2, 0.25) is 0 Å². The third kappa shape index (κ3) is 3.76. The Bertz CT molecular complexity index is 809. The van der Waals surface area contributed by atoms with Gasteiger partial charge in [0.15, 0.2) is 0 Å². The number of carbonyl (C=O) groups excluding carboxylic acids is 1. The molecular formula is C21H21BrF3NO. The van der Waals surface area contributed by atoms with Crippen LogP contribution in [0.5, 0.6) is 0 Å². The highest BCUT2D eigenvalue weighted by atomic mass is 79.9. The monoisotopic (exact) mass is 439 g/mol. The zero-order chi connectivity index (χ0) is 19.3. The van der Waals surface area contributed by atoms with Gasteiger partial charge in [-0.1, -0.05) is 33.8 Å². The highest BCUT2D eigenvalue weighted by Gasteiger charge is 2.59. The number of hydrogen-bond donors (Lipinski definition) is 1. The predicted octanol–water partition coefficient (Wildman–Crippen LogP) is 4.91. The number of amides is 1. The van der Waals surface area contributed by atoms with E-state index >= 15 is 0 Å². The van der Waals surface area contributed by atoms with Crippen molar-refractivity contribution in [1.82, 2.24) is 5.32 Å². The molecule has 0 aromatic heterocycles. The van der Waals surface area contributed by atoms with Crippen LogP contribution in [0.15, 0.2) is 24.3 Å². The second-order valence-electron chi connectivity index (χ2n) is 8.46. The molecule has 1 amide bonds. The van der Waals surface area contributed by atoms with E-state index in [1.54, 1.807) is 0 Å². The molecule has 144 valence electrons. The Balaban J connectivity index is 1.39. The standard InChI is InChI=1S/C21H21BrF3NO/c22-20-11-15-7-16(12-20)10-19(9-15,13-20)18(27)26-6-2-4-14-3-1-5-17(8-14)21(23,24)25/h1,3,5,8,15-16H,6-7,9-13H2,(H,26,27). The molecule has 0 radical (unpaired) electrons. The Morgan fingerprint density at radius 3 is 2.56 bits per heavy atom. The van der Waals surface area contributed by atoms with E-state index in [9.17, 15) is 18.0 Å². The number of carbonyl (C=O) groups is 1. The minimum Gasteiger partial charge on any atom is -0.345 e. The van der Waals surface area contributed by atoms with Crippen molar-refractivity contribution in [2.45, 2.75) is 49.0 Å². The lowest BCUT2D eigenvalue weighted by Crippen LogP contribution is -2.58. The van der Waals surface area contributed by atoms with Crippen molar-refractivity contribution in [2.75, 3.05) is 6.54 Å². The Morgan fingerprint density at radius 1 is 1.22 bits per heavy atom. The zero-order valence-electron chi connectivity index (χ0n) is 14.8. The highest BCUT2D eigenvalue weighted by Crippen LogP contribution is 2.64. The first-order valence-corrected chi connectivity index (χ1v) is 10.1. The maximum atomic E-state index is 12.9. The summed E-state index contributed by atoms with van der Waals surface area (Å²) in [6.45, 7) is 0.154. The summed E-state index contributed by atoms with van der Waals surface area (Å²) in [5.74, 6) is 6.80. The minimum absolute atomic E-state index is 0.0544. The third-order valence-corrected chi connectivity index (χ3v) is 7.16. The lowest BCUT2D eigenvalue weighted by atomic mass is 9.49. The molecule has 0 heterocycles. The van der Waals surface area contributed by atoms with Crippen molar-refractivity contribution < 1.29 is 18.0 Å². The quantitative estimate of drug-likeness (QED) is 0.514. The molecule has 4 bridgehead atoms. The van der Waals surface area contributed by atoms with Gasteiger partial charge in [-0.25, -0.2) is 0 Å². The van der Waals surface area contributed by atoms with Crippen LogP contribution in [0.3, 0.4) is 0 Å². The van der Waals surface area contributed by atoms with Gasteiger partial charge in [-0.2, -0.15) is 13.2 Å². The lowest BCUT2D eigenvalue weighted by molar-refractivity contribution is -0.143. The fourth-order valence-corrected chi connectivity index (χ4v) is 7.10. The van der Waals surface area contributed by atoms with Gasteiger partial charge in [0.1, 0.15) is 0 Å². The minimum atomic E-state index is -4.38. The molecule has 0 saturated heterocycles. The molecule has 0 aliphatic heterocycles. The Hall–Kier alpha value is -1.48. The molecule has 2 nitrogen and oxygen atoms in total. The van der Waals surface area contributed by atoms with Crippen molar-refractivity contribution in [2.24, 2.45) is 17.3 Å². The number of nitrogens with one attached hydrogen (secondary N) is 1. The van der Waals surface area contributed by atoms with Crippen LogP contribution in [-0.2, 0) is 11.0 Å². The largest absolute Gasteiger partial charge is 0.416 e. The average molecular weight is 440 g/mol. The van der Waals surface area contributed by atoms with Gasteiger partial charge in [-0.15, -0.1) is 0 Å². The van der Waals surface area contributed by atoms with E-state index in [2.05, 4.69) is 33.1 Å². The SMILES string of the molecule is O=C(NCC#Cc1cccc(C(F)(F)F)c1)C12CC3CC(CC(Br)(C3)C1)C2. The maximum Gasteiger partial charge on any atom is 0.416 e. The van der Waals surface area contributed by atoms with Crippen LogP contribution < -0.4 is 5.32 Å². The van der Waals surface area contributed by atoms with Crippen molar-refractivity contribution in [3.05, 3.63) is 35.4 Å². The first-order chi connectivity index (χ1) is 12.7. The summed E-state index contributed by atoms with van der Waals surface area (Å²) in [4.78, 5) is 12.9. The van der Waals surface area contributed by atoms with E-state index in [-0.39, 0.29) is 22.2 Å². The van der Waals surface area contributed by atoms with Crippen LogP contribution >= 0.6 is 15.9 Å². The second kappa shape index (κ2) is 6.55. The van der Waals surface area contributed by atoms with Crippen molar-refractivity contribution in [3.63, 3.8) is 0 Å². The van der Waals surface area contributed by atoms with Gasteiger partial charge in [0, 0.05) is 9.89 Å². The zero-order valence-corrected chi connectivity index (χ0v) is 16.4. The molecule has 6 heteroatoms. The summed E-state index contributed by atoms with van der Waals surface area (Å²) in [7, 11) is 0. The Kier molecular flexibility index (Phi) is 4.57. The highest BCUT2D eigenvalue weighted by molar-refractivity contribution is 9.10. The summed E-state index contributed by atoms with van der Waals surface area (Å²) in [5.41, 5.74) is -0.714. The Labute approximate surface area is 165 Å². The molecule has 2 unspecified atom stereocenters. The van der Waals surface area contributed by atoms with Crippen LogP contribution in [0.1, 0.15) is 49.7 Å². The molecular weight excluding hydrogens is 419 g/mol. The van der Waals surface area contributed by atoms with Crippen LogP contribution in [0, 0.1) is 29.1 Å². The van der Waals surface area contributed by atoms with Gasteiger partial charge in [0.05, 0.1) is 17.5 Å². The van der Waals surface area contributed by atoms with E-state index in [0.717, 1.165) is 44.2 Å². The second-order valence-corrected chi connectivity index (χ2v) is 10.1. The lowest BCUT2D eigenvalue weighted by Gasteiger charge is -2.59. The summed E-state index contributed by atoms with van der Waals surface area (Å²) in [6, 6.07) is 4.94. The average Bonchev–Trinajstić information content (AvgIpc) is 2.56. The predicted molar refractivity (Wildman–Crippen MR) is 100 cm³/mol. The molecule has 1 aromatic rings. The first kappa shape index (κ1) is 18.9. The molecule has 1 N–H and O–H groups in total.